The summed E-state index contributed by atoms with van der Waals surface area (Å²) < 4.78 is 12.8. The molecule has 0 aromatic heterocycles. The molecule has 0 saturated carbocycles. The van der Waals surface area contributed by atoms with Gasteiger partial charge in [-0.2, -0.15) is 0 Å². The van der Waals surface area contributed by atoms with Crippen LogP contribution in [0.5, 0.6) is 0 Å². The van der Waals surface area contributed by atoms with Crippen molar-refractivity contribution in [3.63, 3.8) is 0 Å². The Hall–Kier alpha value is -0.110. The molecule has 52 valence electrons. The van der Waals surface area contributed by atoms with Gasteiger partial charge in [-0.1, -0.05) is 0 Å². The van der Waals surface area contributed by atoms with Crippen molar-refractivity contribution in [2.45, 2.75) is 38.0 Å². The molecule has 0 radical (unpaired) electrons. The number of hydrogen-bond acceptors (Lipinski definition) is 1. The van der Waals surface area contributed by atoms with Gasteiger partial charge in [0.15, 0.2) is 0 Å². The first-order chi connectivity index (χ1) is 4.29. The molecule has 2 aliphatic rings. The molecular formula is C7H12FN. The molecule has 2 saturated heterocycles. The van der Waals surface area contributed by atoms with E-state index in [1.54, 1.807) is 0 Å². The molecular weight excluding hydrogens is 117 g/mol. The fourth-order valence-corrected chi connectivity index (χ4v) is 1.91. The van der Waals surface area contributed by atoms with E-state index in [1.807, 2.05) is 6.92 Å². The standard InChI is InChI=1S/C7H12FN/c1-5-7(8)4-6-2-3-9(5)6/h5-7H,2-4H2,1H3/t5-,6?,7?/m1/s1. The van der Waals surface area contributed by atoms with E-state index in [0.717, 1.165) is 13.0 Å². The Balaban J connectivity index is 2.07. The van der Waals surface area contributed by atoms with Crippen molar-refractivity contribution in [3.05, 3.63) is 0 Å². The minimum atomic E-state index is -0.544. The highest BCUT2D eigenvalue weighted by atomic mass is 19.1. The van der Waals surface area contributed by atoms with Crippen molar-refractivity contribution in [1.29, 1.82) is 0 Å². The lowest BCUT2D eigenvalue weighted by atomic mass is 10.1. The Kier molecular flexibility index (Phi) is 1.06. The zero-order valence-electron chi connectivity index (χ0n) is 5.68. The first-order valence-corrected chi connectivity index (χ1v) is 3.69. The highest BCUT2D eigenvalue weighted by molar-refractivity contribution is 4.98. The highest BCUT2D eigenvalue weighted by Crippen LogP contribution is 2.35. The molecule has 3 atom stereocenters. The lowest BCUT2D eigenvalue weighted by Crippen LogP contribution is -2.46. The number of alkyl halides is 1. The van der Waals surface area contributed by atoms with E-state index in [9.17, 15) is 4.39 Å². The lowest BCUT2D eigenvalue weighted by Gasteiger charge is -2.37. The summed E-state index contributed by atoms with van der Waals surface area (Å²) in [5, 5.41) is 0. The second kappa shape index (κ2) is 1.69. The Morgan fingerprint density at radius 1 is 1.56 bits per heavy atom. The zero-order chi connectivity index (χ0) is 6.43. The van der Waals surface area contributed by atoms with Crippen molar-refractivity contribution in [2.24, 2.45) is 0 Å². The minimum Gasteiger partial charge on any atom is -0.295 e. The summed E-state index contributed by atoms with van der Waals surface area (Å²) in [4.78, 5) is 2.27. The Morgan fingerprint density at radius 3 is 2.56 bits per heavy atom. The summed E-state index contributed by atoms with van der Waals surface area (Å²) in [6, 6.07) is 0.818. The molecule has 2 fully saturated rings. The molecule has 2 heteroatoms. The van der Waals surface area contributed by atoms with Gasteiger partial charge in [0.05, 0.1) is 0 Å². The molecule has 0 aromatic carbocycles. The Labute approximate surface area is 54.8 Å². The van der Waals surface area contributed by atoms with Crippen LogP contribution in [0.4, 0.5) is 4.39 Å². The molecule has 2 unspecified atom stereocenters. The summed E-state index contributed by atoms with van der Waals surface area (Å²) in [6.07, 6.45) is 1.48. The SMILES string of the molecule is C[C@@H]1C(F)CC2CCN21. The predicted molar refractivity (Wildman–Crippen MR) is 34.1 cm³/mol. The van der Waals surface area contributed by atoms with Crippen molar-refractivity contribution >= 4 is 0 Å². The van der Waals surface area contributed by atoms with Gasteiger partial charge in [0.25, 0.3) is 0 Å². The normalized spacial score (nSPS) is 50.7. The molecule has 2 heterocycles. The third-order valence-corrected chi connectivity index (χ3v) is 2.73. The smallest absolute Gasteiger partial charge is 0.117 e. The third kappa shape index (κ3) is 0.627. The third-order valence-electron chi connectivity index (χ3n) is 2.73. The van der Waals surface area contributed by atoms with Gasteiger partial charge in [-0.15, -0.1) is 0 Å². The Morgan fingerprint density at radius 2 is 2.33 bits per heavy atom. The van der Waals surface area contributed by atoms with E-state index in [1.165, 1.54) is 6.42 Å². The largest absolute Gasteiger partial charge is 0.295 e. The topological polar surface area (TPSA) is 3.24 Å². The van der Waals surface area contributed by atoms with E-state index in [2.05, 4.69) is 4.90 Å². The van der Waals surface area contributed by atoms with Gasteiger partial charge in [-0.3, -0.25) is 4.90 Å². The van der Waals surface area contributed by atoms with Crippen LogP contribution in [0.25, 0.3) is 0 Å². The molecule has 2 rings (SSSR count). The van der Waals surface area contributed by atoms with Crippen molar-refractivity contribution in [2.75, 3.05) is 6.54 Å². The highest BCUT2D eigenvalue weighted by Gasteiger charge is 2.43. The van der Waals surface area contributed by atoms with Gasteiger partial charge < -0.3 is 0 Å². The maximum absolute atomic E-state index is 12.8. The van der Waals surface area contributed by atoms with Gasteiger partial charge in [0.1, 0.15) is 6.17 Å². The van der Waals surface area contributed by atoms with E-state index in [0.29, 0.717) is 6.04 Å². The van der Waals surface area contributed by atoms with E-state index in [-0.39, 0.29) is 6.04 Å². The van der Waals surface area contributed by atoms with Crippen LogP contribution in [-0.2, 0) is 0 Å². The molecule has 0 aromatic rings. The van der Waals surface area contributed by atoms with Crippen LogP contribution in [0.1, 0.15) is 19.8 Å². The second-order valence-corrected chi connectivity index (χ2v) is 3.17. The van der Waals surface area contributed by atoms with Crippen molar-refractivity contribution in [3.8, 4) is 0 Å². The van der Waals surface area contributed by atoms with Crippen LogP contribution < -0.4 is 0 Å². The van der Waals surface area contributed by atoms with E-state index in [4.69, 9.17) is 0 Å². The number of halogens is 1. The number of nitrogens with zero attached hydrogens (tertiary/aromatic N) is 1. The van der Waals surface area contributed by atoms with Crippen LogP contribution in [-0.4, -0.2) is 29.7 Å². The predicted octanol–water partition coefficient (Wildman–Crippen LogP) is 1.19. The molecule has 2 aliphatic heterocycles. The molecule has 0 N–H and O–H groups in total. The molecule has 9 heavy (non-hydrogen) atoms. The average Bonchev–Trinajstić information content (AvgIpc) is 1.92. The number of fused-ring (bicyclic) bond motifs is 1. The van der Waals surface area contributed by atoms with Gasteiger partial charge in [0.2, 0.25) is 0 Å². The Bertz CT molecular complexity index is 122. The van der Waals surface area contributed by atoms with Crippen molar-refractivity contribution in [1.82, 2.24) is 4.90 Å². The summed E-state index contributed by atoms with van der Waals surface area (Å²) >= 11 is 0. The van der Waals surface area contributed by atoms with E-state index >= 15 is 0 Å². The minimum absolute atomic E-state index is 0.212. The van der Waals surface area contributed by atoms with Crippen molar-refractivity contribution < 1.29 is 4.39 Å². The fourth-order valence-electron chi connectivity index (χ4n) is 1.91. The molecule has 0 amide bonds. The van der Waals surface area contributed by atoms with E-state index < -0.39 is 6.17 Å². The molecule has 1 nitrogen and oxygen atoms in total. The summed E-state index contributed by atoms with van der Waals surface area (Å²) in [6.45, 7) is 3.12. The maximum Gasteiger partial charge on any atom is 0.117 e. The van der Waals surface area contributed by atoms with Crippen LogP contribution >= 0.6 is 0 Å². The lowest BCUT2D eigenvalue weighted by molar-refractivity contribution is 0.0942. The van der Waals surface area contributed by atoms with Gasteiger partial charge in [-0.25, -0.2) is 4.39 Å². The van der Waals surface area contributed by atoms with Crippen LogP contribution in [0.15, 0.2) is 0 Å². The maximum atomic E-state index is 12.8. The monoisotopic (exact) mass is 129 g/mol. The second-order valence-electron chi connectivity index (χ2n) is 3.17. The number of rotatable bonds is 0. The molecule has 0 aliphatic carbocycles. The summed E-state index contributed by atoms with van der Waals surface area (Å²) in [5.41, 5.74) is 0. The quantitative estimate of drug-likeness (QED) is 0.475. The van der Waals surface area contributed by atoms with Crippen LogP contribution in [0, 0.1) is 0 Å². The summed E-state index contributed by atoms with van der Waals surface area (Å²) in [5.74, 6) is 0. The van der Waals surface area contributed by atoms with Gasteiger partial charge in [-0.05, 0) is 19.8 Å². The first kappa shape index (κ1) is 5.66. The van der Waals surface area contributed by atoms with Gasteiger partial charge in [0, 0.05) is 18.6 Å². The van der Waals surface area contributed by atoms with Gasteiger partial charge >= 0.3 is 0 Å². The average molecular weight is 129 g/mol. The first-order valence-electron chi connectivity index (χ1n) is 3.69. The van der Waals surface area contributed by atoms with Crippen LogP contribution in [0.3, 0.4) is 0 Å². The number of hydrogen-bond donors (Lipinski definition) is 0. The zero-order valence-corrected chi connectivity index (χ0v) is 5.68. The van der Waals surface area contributed by atoms with Crippen LogP contribution in [0.2, 0.25) is 0 Å². The molecule has 0 bridgehead atoms. The fraction of sp³-hybridized carbons (Fsp3) is 1.00. The molecule has 0 spiro atoms. The summed E-state index contributed by atoms with van der Waals surface area (Å²) in [7, 11) is 0.